The van der Waals surface area contributed by atoms with Crippen molar-refractivity contribution in [2.45, 2.75) is 0 Å². The quantitative estimate of drug-likeness (QED) is 0.714. The Morgan fingerprint density at radius 3 is 2.50 bits per heavy atom. The molecule has 0 spiro atoms. The van der Waals surface area contributed by atoms with E-state index >= 15 is 0 Å². The molecule has 0 aliphatic rings. The van der Waals surface area contributed by atoms with Crippen molar-refractivity contribution in [3.8, 4) is 27.8 Å². The highest BCUT2D eigenvalue weighted by atomic mass is 32.1. The number of ether oxygens (including phenoxy) is 3. The third kappa shape index (κ3) is 3.75. The molecule has 1 heterocycles. The van der Waals surface area contributed by atoms with E-state index in [1.165, 1.54) is 18.4 Å². The smallest absolute Gasteiger partial charge is 0.257 e. The van der Waals surface area contributed by atoms with Gasteiger partial charge in [-0.15, -0.1) is 10.2 Å². The predicted molar refractivity (Wildman–Crippen MR) is 99.4 cm³/mol. The molecule has 1 amide bonds. The second-order valence-corrected chi connectivity index (χ2v) is 6.15. The van der Waals surface area contributed by atoms with E-state index in [-0.39, 0.29) is 5.91 Å². The maximum absolute atomic E-state index is 12.4. The van der Waals surface area contributed by atoms with E-state index in [9.17, 15) is 4.79 Å². The lowest BCUT2D eigenvalue weighted by Crippen LogP contribution is -2.11. The van der Waals surface area contributed by atoms with Crippen LogP contribution in [0.3, 0.4) is 0 Å². The van der Waals surface area contributed by atoms with Gasteiger partial charge in [-0.25, -0.2) is 0 Å². The van der Waals surface area contributed by atoms with Crippen LogP contribution in [-0.4, -0.2) is 37.4 Å². The summed E-state index contributed by atoms with van der Waals surface area (Å²) in [6.07, 6.45) is 0. The van der Waals surface area contributed by atoms with E-state index in [1.807, 2.05) is 24.3 Å². The van der Waals surface area contributed by atoms with Crippen molar-refractivity contribution >= 4 is 22.4 Å². The summed E-state index contributed by atoms with van der Waals surface area (Å²) in [5.41, 5.74) is 1.30. The van der Waals surface area contributed by atoms with Gasteiger partial charge in [-0.1, -0.05) is 23.5 Å². The van der Waals surface area contributed by atoms with Crippen molar-refractivity contribution < 1.29 is 19.0 Å². The van der Waals surface area contributed by atoms with Gasteiger partial charge < -0.3 is 14.2 Å². The first kappa shape index (κ1) is 17.7. The lowest BCUT2D eigenvalue weighted by molar-refractivity contribution is 0.102. The number of nitrogens with zero attached hydrogens (tertiary/aromatic N) is 2. The Kier molecular flexibility index (Phi) is 5.33. The van der Waals surface area contributed by atoms with Gasteiger partial charge in [0.25, 0.3) is 5.91 Å². The van der Waals surface area contributed by atoms with Crippen molar-refractivity contribution in [2.24, 2.45) is 0 Å². The van der Waals surface area contributed by atoms with Crippen LogP contribution in [0.25, 0.3) is 10.6 Å². The van der Waals surface area contributed by atoms with Crippen LogP contribution in [-0.2, 0) is 0 Å². The summed E-state index contributed by atoms with van der Waals surface area (Å²) in [6, 6.07) is 12.4. The van der Waals surface area contributed by atoms with E-state index in [4.69, 9.17) is 14.2 Å². The Bertz CT molecular complexity index is 926. The summed E-state index contributed by atoms with van der Waals surface area (Å²) in [5.74, 6) is 1.46. The Labute approximate surface area is 154 Å². The standard InChI is InChI=1S/C18H17N3O4S/c1-23-13-6-4-5-12(9-13)17-20-21-18(26-17)19-16(22)11-7-8-14(24-2)15(10-11)25-3/h4-10H,1-3H3,(H,19,21,22). The van der Waals surface area contributed by atoms with E-state index in [2.05, 4.69) is 15.5 Å². The van der Waals surface area contributed by atoms with Gasteiger partial charge in [-0.2, -0.15) is 0 Å². The topological polar surface area (TPSA) is 82.6 Å². The fourth-order valence-electron chi connectivity index (χ4n) is 2.29. The molecule has 0 aliphatic carbocycles. The van der Waals surface area contributed by atoms with E-state index in [1.54, 1.807) is 32.4 Å². The van der Waals surface area contributed by atoms with Crippen molar-refractivity contribution in [1.82, 2.24) is 10.2 Å². The molecular formula is C18H17N3O4S. The fourth-order valence-corrected chi connectivity index (χ4v) is 3.03. The number of amides is 1. The second kappa shape index (κ2) is 7.83. The van der Waals surface area contributed by atoms with Crippen LogP contribution in [0.4, 0.5) is 5.13 Å². The molecule has 1 aromatic heterocycles. The summed E-state index contributed by atoms with van der Waals surface area (Å²) >= 11 is 1.28. The number of aromatic nitrogens is 2. The van der Waals surface area contributed by atoms with Crippen LogP contribution in [0.1, 0.15) is 10.4 Å². The highest BCUT2D eigenvalue weighted by molar-refractivity contribution is 7.18. The summed E-state index contributed by atoms with van der Waals surface area (Å²) in [6.45, 7) is 0. The molecule has 0 saturated heterocycles. The molecule has 3 aromatic rings. The molecule has 2 aromatic carbocycles. The van der Waals surface area contributed by atoms with Gasteiger partial charge >= 0.3 is 0 Å². The third-order valence-electron chi connectivity index (χ3n) is 3.61. The van der Waals surface area contributed by atoms with Crippen molar-refractivity contribution in [1.29, 1.82) is 0 Å². The zero-order valence-electron chi connectivity index (χ0n) is 14.5. The lowest BCUT2D eigenvalue weighted by atomic mass is 10.2. The first-order valence-electron chi connectivity index (χ1n) is 7.66. The van der Waals surface area contributed by atoms with Gasteiger partial charge in [0.2, 0.25) is 5.13 Å². The number of hydrogen-bond donors (Lipinski definition) is 1. The number of carbonyl (C=O) groups excluding carboxylic acids is 1. The van der Waals surface area contributed by atoms with Gasteiger partial charge in [0, 0.05) is 11.1 Å². The monoisotopic (exact) mass is 371 g/mol. The maximum Gasteiger partial charge on any atom is 0.257 e. The molecule has 0 radical (unpaired) electrons. The van der Waals surface area contributed by atoms with Crippen molar-refractivity contribution in [2.75, 3.05) is 26.6 Å². The largest absolute Gasteiger partial charge is 0.497 e. The fraction of sp³-hybridized carbons (Fsp3) is 0.167. The minimum absolute atomic E-state index is 0.306. The second-order valence-electron chi connectivity index (χ2n) is 5.17. The predicted octanol–water partition coefficient (Wildman–Crippen LogP) is 3.48. The highest BCUT2D eigenvalue weighted by Crippen LogP contribution is 2.30. The van der Waals surface area contributed by atoms with E-state index in [0.29, 0.717) is 27.2 Å². The number of carbonyl (C=O) groups is 1. The maximum atomic E-state index is 12.4. The van der Waals surface area contributed by atoms with Crippen molar-refractivity contribution in [3.63, 3.8) is 0 Å². The van der Waals surface area contributed by atoms with Crippen LogP contribution in [0.5, 0.6) is 17.2 Å². The van der Waals surface area contributed by atoms with Gasteiger partial charge in [-0.05, 0) is 30.3 Å². The molecule has 26 heavy (non-hydrogen) atoms. The molecule has 0 saturated carbocycles. The van der Waals surface area contributed by atoms with Gasteiger partial charge in [-0.3, -0.25) is 10.1 Å². The molecule has 3 rings (SSSR count). The molecule has 0 aliphatic heterocycles. The third-order valence-corrected chi connectivity index (χ3v) is 4.50. The molecule has 0 atom stereocenters. The van der Waals surface area contributed by atoms with Gasteiger partial charge in [0.05, 0.1) is 21.3 Å². The van der Waals surface area contributed by atoms with Gasteiger partial charge in [0.15, 0.2) is 11.5 Å². The number of benzene rings is 2. The summed E-state index contributed by atoms with van der Waals surface area (Å²) < 4.78 is 15.6. The zero-order chi connectivity index (χ0) is 18.5. The number of rotatable bonds is 6. The summed E-state index contributed by atoms with van der Waals surface area (Å²) in [5, 5.41) is 12.0. The van der Waals surface area contributed by atoms with Crippen LogP contribution < -0.4 is 19.5 Å². The van der Waals surface area contributed by atoms with Crippen LogP contribution in [0, 0.1) is 0 Å². The molecule has 0 bridgehead atoms. The normalized spacial score (nSPS) is 10.3. The molecule has 7 nitrogen and oxygen atoms in total. The summed E-state index contributed by atoms with van der Waals surface area (Å²) in [4.78, 5) is 12.4. The number of nitrogens with one attached hydrogen (secondary N) is 1. The zero-order valence-corrected chi connectivity index (χ0v) is 15.3. The number of anilines is 1. The number of methoxy groups -OCH3 is 3. The van der Waals surface area contributed by atoms with Crippen LogP contribution in [0.2, 0.25) is 0 Å². The molecule has 8 heteroatoms. The average molecular weight is 371 g/mol. The van der Waals surface area contributed by atoms with Gasteiger partial charge in [0.1, 0.15) is 10.8 Å². The first-order valence-corrected chi connectivity index (χ1v) is 8.47. The Morgan fingerprint density at radius 2 is 1.77 bits per heavy atom. The Hall–Kier alpha value is -3.13. The van der Waals surface area contributed by atoms with E-state index in [0.717, 1.165) is 11.3 Å². The minimum Gasteiger partial charge on any atom is -0.497 e. The molecular weight excluding hydrogens is 354 g/mol. The van der Waals surface area contributed by atoms with E-state index < -0.39 is 0 Å². The molecule has 134 valence electrons. The summed E-state index contributed by atoms with van der Waals surface area (Å²) in [7, 11) is 4.66. The molecule has 0 unspecified atom stereocenters. The molecule has 0 fully saturated rings. The average Bonchev–Trinajstić information content (AvgIpc) is 3.15. The first-order chi connectivity index (χ1) is 12.6. The van der Waals surface area contributed by atoms with Crippen LogP contribution in [0.15, 0.2) is 42.5 Å². The SMILES string of the molecule is COc1cccc(-c2nnc(NC(=O)c3ccc(OC)c(OC)c3)s2)c1. The number of hydrogen-bond acceptors (Lipinski definition) is 7. The van der Waals surface area contributed by atoms with Crippen LogP contribution >= 0.6 is 11.3 Å². The highest BCUT2D eigenvalue weighted by Gasteiger charge is 2.14. The molecule has 1 N–H and O–H groups in total. The van der Waals surface area contributed by atoms with Crippen molar-refractivity contribution in [3.05, 3.63) is 48.0 Å². The minimum atomic E-state index is -0.306. The Morgan fingerprint density at radius 1 is 0.962 bits per heavy atom. The Balaban J connectivity index is 1.77. The lowest BCUT2D eigenvalue weighted by Gasteiger charge is -2.08.